The fourth-order valence-electron chi connectivity index (χ4n) is 3.65. The van der Waals surface area contributed by atoms with E-state index in [0.29, 0.717) is 17.0 Å². The molecular formula is C21H10Cl3F4N2O4S-. The monoisotopic (exact) mass is 567 g/mol. The van der Waals surface area contributed by atoms with Crippen molar-refractivity contribution in [3.05, 3.63) is 80.5 Å². The number of alkyl halides is 3. The Balaban J connectivity index is 2.15. The molecule has 0 bridgehead atoms. The summed E-state index contributed by atoms with van der Waals surface area (Å²) in [5, 5.41) is -0.705. The van der Waals surface area contributed by atoms with E-state index in [-0.39, 0.29) is 41.8 Å². The van der Waals surface area contributed by atoms with Crippen LogP contribution in [0.5, 0.6) is 0 Å². The fraction of sp³-hybridized carbons (Fsp3) is 0.0952. The predicted molar refractivity (Wildman–Crippen MR) is 121 cm³/mol. The van der Waals surface area contributed by atoms with Gasteiger partial charge in [0.15, 0.2) is 10.3 Å². The quantitative estimate of drug-likeness (QED) is 0.252. The molecule has 2 amide bonds. The van der Waals surface area contributed by atoms with Crippen molar-refractivity contribution >= 4 is 62.5 Å². The van der Waals surface area contributed by atoms with E-state index in [1.165, 1.54) is 18.2 Å². The van der Waals surface area contributed by atoms with Crippen molar-refractivity contribution in [3.63, 3.8) is 0 Å². The smallest absolute Gasteiger partial charge is 0.416 e. The first kappa shape index (κ1) is 25.5. The maximum Gasteiger partial charge on any atom is 0.416 e. The molecular weight excluding hydrogens is 559 g/mol. The Morgan fingerprint density at radius 1 is 0.914 bits per heavy atom. The number of anilines is 2. The molecule has 0 spiro atoms. The van der Waals surface area contributed by atoms with Crippen molar-refractivity contribution in [1.29, 1.82) is 0 Å². The zero-order valence-electron chi connectivity index (χ0n) is 16.9. The van der Waals surface area contributed by atoms with Crippen LogP contribution in [0.4, 0.5) is 33.7 Å². The molecule has 14 heteroatoms. The van der Waals surface area contributed by atoms with Crippen molar-refractivity contribution in [3.8, 4) is 11.1 Å². The standard InChI is InChI=1S/C21H11Cl3F4N2O4S/c22-15-2-1-3-16(23)19(15)30-18-7-10(21(26,27)28)6-13(12-5-4-11(25)8-17(12)24)14(18)9-29(20(30)31)35(32,33)34/h1-8H,9H2,(H,32,33,34)/p-1. The van der Waals surface area contributed by atoms with Gasteiger partial charge < -0.3 is 4.55 Å². The molecule has 0 saturated carbocycles. The summed E-state index contributed by atoms with van der Waals surface area (Å²) in [4.78, 5) is 13.7. The van der Waals surface area contributed by atoms with Crippen LogP contribution in [-0.4, -0.2) is 23.3 Å². The molecule has 0 unspecified atom stereocenters. The first-order chi connectivity index (χ1) is 16.2. The number of amides is 2. The van der Waals surface area contributed by atoms with Crippen LogP contribution < -0.4 is 4.90 Å². The normalized spacial score (nSPS) is 14.3. The Kier molecular flexibility index (Phi) is 6.43. The zero-order valence-corrected chi connectivity index (χ0v) is 20.0. The molecule has 184 valence electrons. The summed E-state index contributed by atoms with van der Waals surface area (Å²) in [7, 11) is -5.45. The van der Waals surface area contributed by atoms with E-state index in [1.54, 1.807) is 0 Å². The highest BCUT2D eigenvalue weighted by Crippen LogP contribution is 2.48. The van der Waals surface area contributed by atoms with Gasteiger partial charge in [-0.2, -0.15) is 13.2 Å². The lowest BCUT2D eigenvalue weighted by Crippen LogP contribution is -2.48. The highest BCUT2D eigenvalue weighted by atomic mass is 35.5. The van der Waals surface area contributed by atoms with Crippen LogP contribution in [0.3, 0.4) is 0 Å². The van der Waals surface area contributed by atoms with Gasteiger partial charge in [0.2, 0.25) is 0 Å². The number of halogens is 7. The van der Waals surface area contributed by atoms with E-state index in [4.69, 9.17) is 34.8 Å². The van der Waals surface area contributed by atoms with Crippen LogP contribution in [0.15, 0.2) is 48.5 Å². The highest BCUT2D eigenvalue weighted by molar-refractivity contribution is 7.83. The molecule has 0 saturated heterocycles. The van der Waals surface area contributed by atoms with Crippen molar-refractivity contribution in [2.45, 2.75) is 12.7 Å². The molecule has 4 rings (SSSR count). The number of urea groups is 1. The van der Waals surface area contributed by atoms with Gasteiger partial charge >= 0.3 is 12.2 Å². The van der Waals surface area contributed by atoms with E-state index >= 15 is 0 Å². The van der Waals surface area contributed by atoms with Gasteiger partial charge in [-0.3, -0.25) is 4.90 Å². The molecule has 3 aromatic carbocycles. The maximum absolute atomic E-state index is 13.9. The third kappa shape index (κ3) is 4.66. The number of para-hydroxylation sites is 1. The summed E-state index contributed by atoms with van der Waals surface area (Å²) >= 11 is 18.4. The second-order valence-electron chi connectivity index (χ2n) is 7.30. The van der Waals surface area contributed by atoms with Gasteiger partial charge in [-0.15, -0.1) is 0 Å². The summed E-state index contributed by atoms with van der Waals surface area (Å²) in [6.07, 6.45) is -4.92. The molecule has 35 heavy (non-hydrogen) atoms. The van der Waals surface area contributed by atoms with Crippen molar-refractivity contribution in [2.75, 3.05) is 4.90 Å². The van der Waals surface area contributed by atoms with Gasteiger partial charge in [0.1, 0.15) is 5.82 Å². The van der Waals surface area contributed by atoms with E-state index in [9.17, 15) is 35.3 Å². The number of rotatable bonds is 3. The van der Waals surface area contributed by atoms with Crippen LogP contribution in [0.1, 0.15) is 11.1 Å². The molecule has 0 atom stereocenters. The molecule has 1 aliphatic heterocycles. The summed E-state index contributed by atoms with van der Waals surface area (Å²) in [6.45, 7) is -0.917. The number of nitrogens with zero attached hydrogens (tertiary/aromatic N) is 2. The molecule has 0 N–H and O–H groups in total. The van der Waals surface area contributed by atoms with E-state index < -0.39 is 46.1 Å². The van der Waals surface area contributed by atoms with Crippen LogP contribution in [-0.2, 0) is 23.0 Å². The highest BCUT2D eigenvalue weighted by Gasteiger charge is 2.41. The molecule has 0 radical (unpaired) electrons. The number of carbonyl (C=O) groups is 1. The lowest BCUT2D eigenvalue weighted by Gasteiger charge is -2.39. The first-order valence-electron chi connectivity index (χ1n) is 9.41. The zero-order chi connectivity index (χ0) is 25.9. The Hall–Kier alpha value is -2.57. The van der Waals surface area contributed by atoms with Crippen LogP contribution in [0.25, 0.3) is 11.1 Å². The maximum atomic E-state index is 13.9. The van der Waals surface area contributed by atoms with Crippen molar-refractivity contribution < 1.29 is 35.3 Å². The SMILES string of the molecule is O=C1N(c2c(Cl)cccc2Cl)c2cc(C(F)(F)F)cc(-c3ccc(F)cc3Cl)c2CN1S(=O)(=O)[O-]. The molecule has 0 fully saturated rings. The second-order valence-corrected chi connectivity index (χ2v) is 9.81. The van der Waals surface area contributed by atoms with E-state index in [2.05, 4.69) is 0 Å². The largest absolute Gasteiger partial charge is 0.731 e. The summed E-state index contributed by atoms with van der Waals surface area (Å²) in [6, 6.07) is 6.58. The molecule has 1 aliphatic rings. The molecule has 3 aromatic rings. The lowest BCUT2D eigenvalue weighted by molar-refractivity contribution is -0.137. The van der Waals surface area contributed by atoms with Gasteiger partial charge in [-0.05, 0) is 48.0 Å². The Morgan fingerprint density at radius 2 is 1.54 bits per heavy atom. The summed E-state index contributed by atoms with van der Waals surface area (Å²) in [5.74, 6) is -0.775. The number of hydrogen-bond donors (Lipinski definition) is 0. The van der Waals surface area contributed by atoms with Crippen LogP contribution in [0.2, 0.25) is 15.1 Å². The number of fused-ring (bicyclic) bond motifs is 1. The Labute approximate surface area is 211 Å². The molecule has 0 aromatic heterocycles. The minimum atomic E-state index is -5.45. The average molecular weight is 569 g/mol. The molecule has 1 heterocycles. The summed E-state index contributed by atoms with van der Waals surface area (Å²) in [5.41, 5.74) is -2.58. The Morgan fingerprint density at radius 3 is 2.09 bits per heavy atom. The van der Waals surface area contributed by atoms with Crippen LogP contribution in [0, 0.1) is 5.82 Å². The average Bonchev–Trinajstić information content (AvgIpc) is 2.72. The predicted octanol–water partition coefficient (Wildman–Crippen LogP) is 7.01. The van der Waals surface area contributed by atoms with Gasteiger partial charge in [0.05, 0.1) is 38.6 Å². The van der Waals surface area contributed by atoms with E-state index in [1.807, 2.05) is 0 Å². The van der Waals surface area contributed by atoms with Crippen molar-refractivity contribution in [2.24, 2.45) is 0 Å². The summed E-state index contributed by atoms with van der Waals surface area (Å²) < 4.78 is 91.0. The third-order valence-corrected chi connectivity index (χ3v) is 6.90. The fourth-order valence-corrected chi connectivity index (χ4v) is 5.05. The minimum absolute atomic E-state index is 0.0802. The van der Waals surface area contributed by atoms with Gasteiger partial charge in [-0.1, -0.05) is 40.9 Å². The molecule has 6 nitrogen and oxygen atoms in total. The van der Waals surface area contributed by atoms with Crippen LogP contribution >= 0.6 is 34.8 Å². The number of carbonyl (C=O) groups excluding carboxylic acids is 1. The third-order valence-electron chi connectivity index (χ3n) is 5.15. The molecule has 0 aliphatic carbocycles. The van der Waals surface area contributed by atoms with Gasteiger partial charge in [0, 0.05) is 11.1 Å². The topological polar surface area (TPSA) is 80.8 Å². The van der Waals surface area contributed by atoms with Gasteiger partial charge in [-0.25, -0.2) is 21.9 Å². The first-order valence-corrected chi connectivity index (χ1v) is 11.9. The van der Waals surface area contributed by atoms with Gasteiger partial charge in [0.25, 0.3) is 0 Å². The number of benzene rings is 3. The second kappa shape index (κ2) is 8.82. The number of hydrogen-bond acceptors (Lipinski definition) is 4. The Bertz CT molecular complexity index is 1460. The van der Waals surface area contributed by atoms with E-state index in [0.717, 1.165) is 18.2 Å². The van der Waals surface area contributed by atoms with Crippen molar-refractivity contribution in [1.82, 2.24) is 4.31 Å². The minimum Gasteiger partial charge on any atom is -0.731 e. The lowest BCUT2D eigenvalue weighted by atomic mass is 9.93.